The fourth-order valence-corrected chi connectivity index (χ4v) is 6.22. The Morgan fingerprint density at radius 2 is 1.80 bits per heavy atom. The number of pyridine rings is 1. The molecular formula is C33H30F5N7O5S. The highest BCUT2D eigenvalue weighted by Crippen LogP contribution is 2.36. The summed E-state index contributed by atoms with van der Waals surface area (Å²) in [6, 6.07) is 7.19. The third-order valence-corrected chi connectivity index (χ3v) is 8.39. The lowest BCUT2D eigenvalue weighted by atomic mass is 10.0. The number of carbonyl (C=O) groups is 1. The summed E-state index contributed by atoms with van der Waals surface area (Å²) in [4.78, 5) is 29.4. The predicted molar refractivity (Wildman–Crippen MR) is 175 cm³/mol. The van der Waals surface area contributed by atoms with E-state index in [0.29, 0.717) is 6.07 Å². The van der Waals surface area contributed by atoms with E-state index < -0.39 is 80.0 Å². The van der Waals surface area contributed by atoms with Crippen molar-refractivity contribution in [1.82, 2.24) is 19.9 Å². The third-order valence-electron chi connectivity index (χ3n) is 7.19. The Morgan fingerprint density at radius 3 is 2.51 bits per heavy atom. The molecule has 268 valence electrons. The average molecular weight is 732 g/mol. The van der Waals surface area contributed by atoms with Crippen molar-refractivity contribution in [2.45, 2.75) is 50.8 Å². The van der Waals surface area contributed by atoms with Crippen LogP contribution in [0.1, 0.15) is 32.8 Å². The number of piperidine rings is 1. The van der Waals surface area contributed by atoms with Crippen LogP contribution in [0.15, 0.2) is 54.9 Å². The number of ether oxygens (including phenoxy) is 2. The molecule has 2 aromatic carbocycles. The van der Waals surface area contributed by atoms with Crippen molar-refractivity contribution in [3.63, 3.8) is 0 Å². The minimum Gasteiger partial charge on any atom is -0.444 e. The molecule has 2 atom stereocenters. The number of carbonyl (C=O) groups excluding carboxylic acids is 1. The van der Waals surface area contributed by atoms with Crippen LogP contribution in [0.3, 0.4) is 0 Å². The number of sulfonamides is 1. The number of hydrogen-bond donors (Lipinski definition) is 2. The van der Waals surface area contributed by atoms with Crippen LogP contribution in [0.2, 0.25) is 0 Å². The summed E-state index contributed by atoms with van der Waals surface area (Å²) < 4.78 is 112. The van der Waals surface area contributed by atoms with Gasteiger partial charge in [0.05, 0.1) is 30.1 Å². The number of nitrogens with one attached hydrogen (secondary N) is 2. The highest BCUT2D eigenvalue weighted by molar-refractivity contribution is 7.91. The van der Waals surface area contributed by atoms with Crippen molar-refractivity contribution < 1.29 is 44.6 Å². The van der Waals surface area contributed by atoms with Crippen LogP contribution >= 0.6 is 0 Å². The SMILES string of the molecule is [C-]#[N+]c1ccc(CS(=O)(=O)Nc2c(F)cc(Oc3ncccc3-c3ccnc(N[C@H]4C[C@H](F)CN(C(=O)OC(C)(C)C)C4)n3)c(F)c2F)c(F)c1. The maximum Gasteiger partial charge on any atom is 0.410 e. The first-order chi connectivity index (χ1) is 24.0. The molecule has 0 spiro atoms. The van der Waals surface area contributed by atoms with Gasteiger partial charge in [0.1, 0.15) is 23.3 Å². The van der Waals surface area contributed by atoms with Crippen LogP contribution in [-0.4, -0.2) is 65.3 Å². The van der Waals surface area contributed by atoms with Crippen LogP contribution < -0.4 is 14.8 Å². The van der Waals surface area contributed by atoms with Gasteiger partial charge in [-0.1, -0.05) is 12.1 Å². The fraction of sp³-hybridized carbons (Fsp3) is 0.303. The molecule has 4 aromatic rings. The van der Waals surface area contributed by atoms with Gasteiger partial charge < -0.3 is 19.7 Å². The number of benzene rings is 2. The van der Waals surface area contributed by atoms with E-state index in [2.05, 4.69) is 25.1 Å². The molecule has 18 heteroatoms. The predicted octanol–water partition coefficient (Wildman–Crippen LogP) is 7.14. The molecule has 1 aliphatic heterocycles. The Balaban J connectivity index is 1.34. The summed E-state index contributed by atoms with van der Waals surface area (Å²) in [6.45, 7) is 11.9. The first kappa shape index (κ1) is 36.7. The second-order valence-electron chi connectivity index (χ2n) is 12.4. The maximum absolute atomic E-state index is 15.2. The van der Waals surface area contributed by atoms with E-state index >= 15 is 13.2 Å². The molecular weight excluding hydrogens is 701 g/mol. The number of aromatic nitrogens is 3. The first-order valence-electron chi connectivity index (χ1n) is 15.2. The molecule has 0 radical (unpaired) electrons. The summed E-state index contributed by atoms with van der Waals surface area (Å²) >= 11 is 0. The van der Waals surface area contributed by atoms with Crippen LogP contribution in [0.4, 0.5) is 44.1 Å². The molecule has 1 fully saturated rings. The third kappa shape index (κ3) is 9.16. The average Bonchev–Trinajstić information content (AvgIpc) is 3.05. The Hall–Kier alpha value is -5.57. The second-order valence-corrected chi connectivity index (χ2v) is 14.1. The minimum absolute atomic E-state index is 0.0349. The highest BCUT2D eigenvalue weighted by atomic mass is 32.2. The molecule has 3 heterocycles. The zero-order valence-corrected chi connectivity index (χ0v) is 28.1. The normalized spacial score (nSPS) is 16.3. The molecule has 1 aliphatic rings. The molecule has 12 nitrogen and oxygen atoms in total. The molecule has 1 amide bonds. The number of likely N-dealkylation sites (tertiary alicyclic amines) is 1. The van der Waals surface area contributed by atoms with E-state index in [1.807, 2.05) is 0 Å². The van der Waals surface area contributed by atoms with Gasteiger partial charge in [0.2, 0.25) is 27.7 Å². The van der Waals surface area contributed by atoms with Crippen molar-refractivity contribution in [3.8, 4) is 22.9 Å². The van der Waals surface area contributed by atoms with E-state index in [-0.39, 0.29) is 48.3 Å². The van der Waals surface area contributed by atoms with Crippen LogP contribution in [0, 0.1) is 29.8 Å². The molecule has 0 aliphatic carbocycles. The highest BCUT2D eigenvalue weighted by Gasteiger charge is 2.33. The van der Waals surface area contributed by atoms with Crippen molar-refractivity contribution in [2.24, 2.45) is 0 Å². The number of hydrogen-bond acceptors (Lipinski definition) is 9. The van der Waals surface area contributed by atoms with Gasteiger partial charge in [0.25, 0.3) is 0 Å². The van der Waals surface area contributed by atoms with E-state index in [0.717, 1.165) is 18.2 Å². The van der Waals surface area contributed by atoms with Gasteiger partial charge >= 0.3 is 6.09 Å². The van der Waals surface area contributed by atoms with E-state index in [1.54, 1.807) is 25.5 Å². The van der Waals surface area contributed by atoms with Crippen LogP contribution in [0.25, 0.3) is 16.1 Å². The molecule has 5 rings (SSSR count). The molecule has 2 N–H and O–H groups in total. The van der Waals surface area contributed by atoms with Crippen molar-refractivity contribution in [2.75, 3.05) is 23.1 Å². The lowest BCUT2D eigenvalue weighted by molar-refractivity contribution is 0.0124. The molecule has 51 heavy (non-hydrogen) atoms. The van der Waals surface area contributed by atoms with Gasteiger partial charge in [0, 0.05) is 43.0 Å². The Bertz CT molecular complexity index is 2110. The number of halogens is 5. The van der Waals surface area contributed by atoms with E-state index in [1.165, 1.54) is 35.5 Å². The van der Waals surface area contributed by atoms with Gasteiger partial charge in [-0.25, -0.2) is 50.6 Å². The van der Waals surface area contributed by atoms with E-state index in [9.17, 15) is 22.0 Å². The quantitative estimate of drug-likeness (QED) is 0.104. The zero-order chi connectivity index (χ0) is 37.1. The van der Waals surface area contributed by atoms with Gasteiger partial charge in [-0.15, -0.1) is 0 Å². The standard InChI is InChI=1S/C33H30F5N7O5S/c1-33(2,3)50-32(46)45-15-19(34)12-21(16-45)42-31-41-11-9-25(43-31)22-6-5-10-40-30(22)49-26-14-24(36)29(28(38)27(26)37)44-51(47,48)17-18-7-8-20(39-4)13-23(18)35/h5-11,13-14,19,21,44H,12,15-17H2,1-3H3,(H,41,42,43)/t19-,21-/m0/s1. The van der Waals surface area contributed by atoms with Crippen LogP contribution in [0.5, 0.6) is 11.6 Å². The minimum atomic E-state index is -4.67. The first-order valence-corrected chi connectivity index (χ1v) is 16.9. The number of amides is 1. The summed E-state index contributed by atoms with van der Waals surface area (Å²) in [5.41, 5.74) is -2.34. The van der Waals surface area contributed by atoms with Gasteiger partial charge in [0.15, 0.2) is 23.1 Å². The number of alkyl halides is 1. The van der Waals surface area contributed by atoms with Gasteiger partial charge in [-0.3, -0.25) is 4.72 Å². The molecule has 0 bridgehead atoms. The van der Waals surface area contributed by atoms with Crippen molar-refractivity contribution >= 4 is 33.4 Å². The summed E-state index contributed by atoms with van der Waals surface area (Å²) in [5, 5.41) is 2.99. The van der Waals surface area contributed by atoms with Crippen molar-refractivity contribution in [1.29, 1.82) is 0 Å². The lowest BCUT2D eigenvalue weighted by Gasteiger charge is -2.36. The Morgan fingerprint density at radius 1 is 1.04 bits per heavy atom. The Kier molecular flexibility index (Phi) is 10.6. The second kappa shape index (κ2) is 14.7. The largest absolute Gasteiger partial charge is 0.444 e. The van der Waals surface area contributed by atoms with Gasteiger partial charge in [-0.2, -0.15) is 4.39 Å². The van der Waals surface area contributed by atoms with E-state index in [4.69, 9.17) is 16.0 Å². The Labute approximate surface area is 289 Å². The lowest BCUT2D eigenvalue weighted by Crippen LogP contribution is -2.51. The van der Waals surface area contributed by atoms with Gasteiger partial charge in [-0.05, 0) is 45.0 Å². The summed E-state index contributed by atoms with van der Waals surface area (Å²) in [5.74, 6) is -8.66. The summed E-state index contributed by atoms with van der Waals surface area (Å²) in [6.07, 6.45) is 0.631. The fourth-order valence-electron chi connectivity index (χ4n) is 5.01. The zero-order valence-electron chi connectivity index (χ0n) is 27.3. The topological polar surface area (TPSA) is 140 Å². The molecule has 0 unspecified atom stereocenters. The smallest absolute Gasteiger partial charge is 0.410 e. The van der Waals surface area contributed by atoms with Crippen LogP contribution in [-0.2, 0) is 20.5 Å². The van der Waals surface area contributed by atoms with Crippen molar-refractivity contribution in [3.05, 3.63) is 95.1 Å². The number of anilines is 2. The summed E-state index contributed by atoms with van der Waals surface area (Å²) in [7, 11) is -4.67. The monoisotopic (exact) mass is 731 g/mol. The number of rotatable bonds is 9. The molecule has 1 saturated heterocycles. The maximum atomic E-state index is 15.2. The molecule has 2 aromatic heterocycles. The number of nitrogens with zero attached hydrogens (tertiary/aromatic N) is 5. The molecule has 0 saturated carbocycles.